The molecule has 1 N–H and O–H groups in total. The predicted molar refractivity (Wildman–Crippen MR) is 82.0 cm³/mol. The summed E-state index contributed by atoms with van der Waals surface area (Å²) in [5.74, 6) is 1.53. The van der Waals surface area contributed by atoms with Crippen molar-refractivity contribution in [1.82, 2.24) is 5.32 Å². The Hall–Kier alpha value is -1.80. The molecule has 2 atom stereocenters. The van der Waals surface area contributed by atoms with Gasteiger partial charge in [0.05, 0.1) is 0 Å². The van der Waals surface area contributed by atoms with E-state index in [1.54, 1.807) is 0 Å². The van der Waals surface area contributed by atoms with Crippen LogP contribution in [0.2, 0.25) is 0 Å². The Balaban J connectivity index is 1.88. The molecule has 20 heavy (non-hydrogen) atoms. The highest BCUT2D eigenvalue weighted by Crippen LogP contribution is 2.33. The third-order valence-electron chi connectivity index (χ3n) is 4.00. The van der Waals surface area contributed by atoms with Crippen molar-refractivity contribution >= 4 is 0 Å². The van der Waals surface area contributed by atoms with Gasteiger partial charge in [-0.2, -0.15) is 0 Å². The third kappa shape index (κ3) is 2.86. The number of benzene rings is 2. The van der Waals surface area contributed by atoms with Crippen LogP contribution in [0.4, 0.5) is 0 Å². The number of ether oxygens (including phenoxy) is 1. The zero-order valence-electron chi connectivity index (χ0n) is 11.9. The molecule has 0 spiro atoms. The van der Waals surface area contributed by atoms with Gasteiger partial charge in [0, 0.05) is 12.5 Å². The Bertz CT molecular complexity index is 546. The molecule has 0 saturated carbocycles. The second kappa shape index (κ2) is 6.10. The van der Waals surface area contributed by atoms with Crippen molar-refractivity contribution in [1.29, 1.82) is 0 Å². The summed E-state index contributed by atoms with van der Waals surface area (Å²) in [4.78, 5) is 0. The maximum atomic E-state index is 6.38. The second-order valence-electron chi connectivity index (χ2n) is 5.47. The van der Waals surface area contributed by atoms with Crippen LogP contribution in [-0.2, 0) is 0 Å². The van der Waals surface area contributed by atoms with Gasteiger partial charge in [-0.15, -0.1) is 0 Å². The lowest BCUT2D eigenvalue weighted by Gasteiger charge is -2.25. The highest BCUT2D eigenvalue weighted by molar-refractivity contribution is 5.33. The molecule has 3 rings (SSSR count). The van der Waals surface area contributed by atoms with Crippen molar-refractivity contribution in [2.75, 3.05) is 13.1 Å². The first-order chi connectivity index (χ1) is 9.84. The van der Waals surface area contributed by atoms with Crippen molar-refractivity contribution in [3.63, 3.8) is 0 Å². The van der Waals surface area contributed by atoms with E-state index in [1.807, 2.05) is 6.07 Å². The maximum Gasteiger partial charge on any atom is 0.128 e. The molecule has 0 unspecified atom stereocenters. The largest absolute Gasteiger partial charge is 0.485 e. The smallest absolute Gasteiger partial charge is 0.128 e. The van der Waals surface area contributed by atoms with E-state index >= 15 is 0 Å². The van der Waals surface area contributed by atoms with Gasteiger partial charge in [-0.05, 0) is 37.1 Å². The van der Waals surface area contributed by atoms with Crippen LogP contribution in [0.25, 0.3) is 0 Å². The molecular formula is C18H21NO. The minimum absolute atomic E-state index is 0.132. The predicted octanol–water partition coefficient (Wildman–Crippen LogP) is 3.72. The monoisotopic (exact) mass is 267 g/mol. The van der Waals surface area contributed by atoms with Gasteiger partial charge >= 0.3 is 0 Å². The lowest BCUT2D eigenvalue weighted by atomic mass is 9.94. The molecule has 0 aliphatic carbocycles. The molecule has 0 aromatic heterocycles. The quantitative estimate of drug-likeness (QED) is 0.911. The highest BCUT2D eigenvalue weighted by atomic mass is 16.5. The summed E-state index contributed by atoms with van der Waals surface area (Å²) in [5, 5.41) is 3.44. The average Bonchev–Trinajstić information content (AvgIpc) is 3.01. The first kappa shape index (κ1) is 13.2. The van der Waals surface area contributed by atoms with E-state index in [9.17, 15) is 0 Å². The van der Waals surface area contributed by atoms with E-state index in [0.29, 0.717) is 5.92 Å². The van der Waals surface area contributed by atoms with Crippen molar-refractivity contribution in [2.24, 2.45) is 5.92 Å². The van der Waals surface area contributed by atoms with Crippen LogP contribution < -0.4 is 10.1 Å². The molecule has 1 saturated heterocycles. The van der Waals surface area contributed by atoms with Crippen molar-refractivity contribution in [3.05, 3.63) is 65.7 Å². The molecule has 1 fully saturated rings. The Kier molecular flexibility index (Phi) is 4.03. The highest BCUT2D eigenvalue weighted by Gasteiger charge is 2.28. The fourth-order valence-electron chi connectivity index (χ4n) is 2.84. The summed E-state index contributed by atoms with van der Waals surface area (Å²) in [6.07, 6.45) is 1.30. The first-order valence-corrected chi connectivity index (χ1v) is 7.32. The first-order valence-electron chi connectivity index (χ1n) is 7.32. The molecule has 2 aromatic rings. The molecule has 2 heteroatoms. The number of rotatable bonds is 4. The van der Waals surface area contributed by atoms with Gasteiger partial charge in [0.1, 0.15) is 11.9 Å². The molecular weight excluding hydrogens is 246 g/mol. The van der Waals surface area contributed by atoms with E-state index in [1.165, 1.54) is 17.5 Å². The van der Waals surface area contributed by atoms with Gasteiger partial charge in [0.15, 0.2) is 0 Å². The fourth-order valence-corrected chi connectivity index (χ4v) is 2.84. The lowest BCUT2D eigenvalue weighted by molar-refractivity contribution is 0.143. The SMILES string of the molecule is Cc1ccccc1O[C@@H](c1ccccc1)[C@H]1CCNC1. The van der Waals surface area contributed by atoms with E-state index in [-0.39, 0.29) is 6.10 Å². The molecule has 1 heterocycles. The van der Waals surface area contributed by atoms with Crippen molar-refractivity contribution in [3.8, 4) is 5.75 Å². The minimum Gasteiger partial charge on any atom is -0.485 e. The van der Waals surface area contributed by atoms with Crippen LogP contribution in [0, 0.1) is 12.8 Å². The molecule has 2 aromatic carbocycles. The fraction of sp³-hybridized carbons (Fsp3) is 0.333. The maximum absolute atomic E-state index is 6.38. The number of nitrogens with one attached hydrogen (secondary N) is 1. The third-order valence-corrected chi connectivity index (χ3v) is 4.00. The summed E-state index contributed by atoms with van der Waals surface area (Å²) in [6, 6.07) is 18.8. The van der Waals surface area contributed by atoms with E-state index in [4.69, 9.17) is 4.74 Å². The summed E-state index contributed by atoms with van der Waals surface area (Å²) in [5.41, 5.74) is 2.46. The Morgan fingerprint density at radius 2 is 1.80 bits per heavy atom. The number of para-hydroxylation sites is 1. The second-order valence-corrected chi connectivity index (χ2v) is 5.47. The van der Waals surface area contributed by atoms with Crippen molar-refractivity contribution in [2.45, 2.75) is 19.4 Å². The molecule has 0 amide bonds. The van der Waals surface area contributed by atoms with Crippen molar-refractivity contribution < 1.29 is 4.74 Å². The summed E-state index contributed by atoms with van der Waals surface area (Å²) in [7, 11) is 0. The standard InChI is InChI=1S/C18H21NO/c1-14-7-5-6-10-17(14)20-18(16-11-12-19-13-16)15-8-3-2-4-9-15/h2-10,16,18-19H,11-13H2,1H3/t16-,18-/m0/s1. The van der Waals surface area contributed by atoms with Crippen LogP contribution in [0.1, 0.15) is 23.7 Å². The van der Waals surface area contributed by atoms with Gasteiger partial charge in [-0.1, -0.05) is 48.5 Å². The van der Waals surface area contributed by atoms with Gasteiger partial charge in [-0.3, -0.25) is 0 Å². The molecule has 2 nitrogen and oxygen atoms in total. The van der Waals surface area contributed by atoms with Crippen LogP contribution in [0.5, 0.6) is 5.75 Å². The molecule has 1 aliphatic rings. The lowest BCUT2D eigenvalue weighted by Crippen LogP contribution is -2.21. The topological polar surface area (TPSA) is 21.3 Å². The average molecular weight is 267 g/mol. The zero-order valence-corrected chi connectivity index (χ0v) is 11.9. The number of aryl methyl sites for hydroxylation is 1. The zero-order chi connectivity index (χ0) is 13.8. The van der Waals surface area contributed by atoms with E-state index in [2.05, 4.69) is 60.8 Å². The summed E-state index contributed by atoms with van der Waals surface area (Å²) >= 11 is 0. The Labute approximate surface area is 120 Å². The Morgan fingerprint density at radius 1 is 1.05 bits per heavy atom. The molecule has 104 valence electrons. The summed E-state index contributed by atoms with van der Waals surface area (Å²) in [6.45, 7) is 4.22. The Morgan fingerprint density at radius 3 is 2.50 bits per heavy atom. The van der Waals surface area contributed by atoms with Gasteiger partial charge in [0.2, 0.25) is 0 Å². The molecule has 1 aliphatic heterocycles. The van der Waals surface area contributed by atoms with Crippen LogP contribution in [-0.4, -0.2) is 13.1 Å². The molecule has 0 bridgehead atoms. The number of hydrogen-bond donors (Lipinski definition) is 1. The van der Waals surface area contributed by atoms with Crippen LogP contribution in [0.3, 0.4) is 0 Å². The van der Waals surface area contributed by atoms with Gasteiger partial charge in [0.25, 0.3) is 0 Å². The van der Waals surface area contributed by atoms with Gasteiger partial charge < -0.3 is 10.1 Å². The summed E-state index contributed by atoms with van der Waals surface area (Å²) < 4.78 is 6.38. The van der Waals surface area contributed by atoms with E-state index < -0.39 is 0 Å². The number of hydrogen-bond acceptors (Lipinski definition) is 2. The minimum atomic E-state index is 0.132. The molecule has 0 radical (unpaired) electrons. The van der Waals surface area contributed by atoms with Crippen LogP contribution in [0.15, 0.2) is 54.6 Å². The van der Waals surface area contributed by atoms with E-state index in [0.717, 1.165) is 18.8 Å². The van der Waals surface area contributed by atoms with Gasteiger partial charge in [-0.25, -0.2) is 0 Å². The van der Waals surface area contributed by atoms with Crippen LogP contribution >= 0.6 is 0 Å². The normalized spacial score (nSPS) is 19.8.